The number of benzene rings is 2. The highest BCUT2D eigenvalue weighted by molar-refractivity contribution is 7.89. The SMILES string of the molecule is COC(=O)c1cc(CNS(=O)(=O)c2ccc3c(c2)[C@H](C)C(=O)N3)ccc1OC. The standard InChI is InChI=1S/C19H20N2O6S/c1-11-14-9-13(5-6-16(14)21-18(11)22)28(24,25)20-10-12-4-7-17(26-2)15(8-12)19(23)27-3/h4-9,11,20H,10H2,1-3H3,(H,21,22)/t11-/m0/s1. The Balaban J connectivity index is 1.81. The van der Waals surface area contributed by atoms with Crippen LogP contribution in [0.15, 0.2) is 41.3 Å². The Labute approximate surface area is 162 Å². The molecule has 0 spiro atoms. The molecule has 28 heavy (non-hydrogen) atoms. The molecule has 1 aliphatic heterocycles. The molecule has 3 rings (SSSR count). The monoisotopic (exact) mass is 404 g/mol. The first-order valence-electron chi connectivity index (χ1n) is 8.46. The molecule has 2 N–H and O–H groups in total. The van der Waals surface area contributed by atoms with Crippen molar-refractivity contribution in [2.24, 2.45) is 0 Å². The van der Waals surface area contributed by atoms with Crippen LogP contribution in [0.1, 0.15) is 34.3 Å². The molecule has 0 fully saturated rings. The summed E-state index contributed by atoms with van der Waals surface area (Å²) in [4.78, 5) is 23.7. The van der Waals surface area contributed by atoms with Crippen LogP contribution in [0.5, 0.6) is 5.75 Å². The van der Waals surface area contributed by atoms with Crippen molar-refractivity contribution >= 4 is 27.6 Å². The first kappa shape index (κ1) is 19.8. The molecule has 1 heterocycles. The maximum absolute atomic E-state index is 12.7. The van der Waals surface area contributed by atoms with Gasteiger partial charge in [-0.1, -0.05) is 6.07 Å². The van der Waals surface area contributed by atoms with E-state index >= 15 is 0 Å². The van der Waals surface area contributed by atoms with E-state index in [0.717, 1.165) is 0 Å². The fourth-order valence-corrected chi connectivity index (χ4v) is 4.01. The maximum atomic E-state index is 12.7. The van der Waals surface area contributed by atoms with E-state index in [1.165, 1.54) is 32.4 Å². The summed E-state index contributed by atoms with van der Waals surface area (Å²) in [5.41, 5.74) is 2.04. The van der Waals surface area contributed by atoms with Gasteiger partial charge in [-0.3, -0.25) is 4.79 Å². The normalized spacial score (nSPS) is 15.7. The van der Waals surface area contributed by atoms with Gasteiger partial charge in [0.05, 0.1) is 25.0 Å². The predicted octanol–water partition coefficient (Wildman–Crippen LogP) is 2.02. The van der Waals surface area contributed by atoms with Crippen molar-refractivity contribution < 1.29 is 27.5 Å². The first-order valence-corrected chi connectivity index (χ1v) is 9.95. The van der Waals surface area contributed by atoms with Crippen molar-refractivity contribution in [2.45, 2.75) is 24.3 Å². The van der Waals surface area contributed by atoms with Crippen LogP contribution >= 0.6 is 0 Å². The molecule has 0 aromatic heterocycles. The van der Waals surface area contributed by atoms with Gasteiger partial charge in [-0.25, -0.2) is 17.9 Å². The number of amides is 1. The summed E-state index contributed by atoms with van der Waals surface area (Å²) >= 11 is 0. The molecule has 1 amide bonds. The van der Waals surface area contributed by atoms with Crippen LogP contribution < -0.4 is 14.8 Å². The Bertz CT molecular complexity index is 1050. The Morgan fingerprint density at radius 3 is 2.61 bits per heavy atom. The van der Waals surface area contributed by atoms with E-state index < -0.39 is 21.9 Å². The van der Waals surface area contributed by atoms with Crippen molar-refractivity contribution in [1.29, 1.82) is 0 Å². The molecule has 2 aromatic rings. The number of esters is 1. The van der Waals surface area contributed by atoms with Gasteiger partial charge in [0, 0.05) is 12.2 Å². The van der Waals surface area contributed by atoms with Crippen molar-refractivity contribution in [1.82, 2.24) is 4.72 Å². The number of fused-ring (bicyclic) bond motifs is 1. The summed E-state index contributed by atoms with van der Waals surface area (Å²) in [5.74, 6) is -0.810. The molecule has 0 radical (unpaired) electrons. The van der Waals surface area contributed by atoms with E-state index in [0.29, 0.717) is 22.6 Å². The van der Waals surface area contributed by atoms with Crippen LogP contribution in [0.3, 0.4) is 0 Å². The molecule has 148 valence electrons. The molecule has 8 nitrogen and oxygen atoms in total. The van der Waals surface area contributed by atoms with Gasteiger partial charge in [-0.15, -0.1) is 0 Å². The van der Waals surface area contributed by atoms with Gasteiger partial charge in [0.2, 0.25) is 15.9 Å². The number of ether oxygens (including phenoxy) is 2. The van der Waals surface area contributed by atoms with E-state index in [2.05, 4.69) is 10.0 Å². The maximum Gasteiger partial charge on any atom is 0.341 e. The van der Waals surface area contributed by atoms with Gasteiger partial charge in [0.25, 0.3) is 0 Å². The molecule has 0 aliphatic carbocycles. The average molecular weight is 404 g/mol. The predicted molar refractivity (Wildman–Crippen MR) is 102 cm³/mol. The summed E-state index contributed by atoms with van der Waals surface area (Å²) < 4.78 is 37.7. The van der Waals surface area contributed by atoms with E-state index in [1.807, 2.05) is 0 Å². The third-order valence-electron chi connectivity index (χ3n) is 4.59. The zero-order chi connectivity index (χ0) is 20.5. The van der Waals surface area contributed by atoms with Crippen LogP contribution in [0.25, 0.3) is 0 Å². The highest BCUT2D eigenvalue weighted by atomic mass is 32.2. The van der Waals surface area contributed by atoms with Gasteiger partial charge in [0.15, 0.2) is 0 Å². The van der Waals surface area contributed by atoms with Crippen LogP contribution in [-0.2, 0) is 26.1 Å². The number of carbonyl (C=O) groups is 2. The number of methoxy groups -OCH3 is 2. The molecule has 0 bridgehead atoms. The molecule has 0 saturated heterocycles. The Morgan fingerprint density at radius 1 is 1.18 bits per heavy atom. The molecule has 0 saturated carbocycles. The van der Waals surface area contributed by atoms with Crippen LogP contribution in [0, 0.1) is 0 Å². The highest BCUT2D eigenvalue weighted by Crippen LogP contribution is 2.33. The van der Waals surface area contributed by atoms with Gasteiger partial charge in [0.1, 0.15) is 11.3 Å². The van der Waals surface area contributed by atoms with E-state index in [1.54, 1.807) is 25.1 Å². The van der Waals surface area contributed by atoms with E-state index in [4.69, 9.17) is 9.47 Å². The largest absolute Gasteiger partial charge is 0.496 e. The number of anilines is 1. The second-order valence-electron chi connectivity index (χ2n) is 6.31. The lowest BCUT2D eigenvalue weighted by Gasteiger charge is -2.11. The van der Waals surface area contributed by atoms with Crippen LogP contribution in [0.2, 0.25) is 0 Å². The summed E-state index contributed by atoms with van der Waals surface area (Å²) in [6, 6.07) is 9.25. The summed E-state index contributed by atoms with van der Waals surface area (Å²) in [5, 5.41) is 2.71. The summed E-state index contributed by atoms with van der Waals surface area (Å²) in [6.45, 7) is 1.69. The Hall–Kier alpha value is -2.91. The Kier molecular flexibility index (Phi) is 5.39. The zero-order valence-electron chi connectivity index (χ0n) is 15.6. The molecule has 1 aliphatic rings. The molecule has 9 heteroatoms. The van der Waals surface area contributed by atoms with E-state index in [9.17, 15) is 18.0 Å². The van der Waals surface area contributed by atoms with Crippen molar-refractivity contribution in [3.8, 4) is 5.75 Å². The lowest BCUT2D eigenvalue weighted by molar-refractivity contribution is -0.116. The molecular formula is C19H20N2O6S. The lowest BCUT2D eigenvalue weighted by atomic mass is 10.0. The van der Waals surface area contributed by atoms with Crippen molar-refractivity contribution in [3.63, 3.8) is 0 Å². The molecule has 1 atom stereocenters. The lowest BCUT2D eigenvalue weighted by Crippen LogP contribution is -2.23. The summed E-state index contributed by atoms with van der Waals surface area (Å²) in [7, 11) is -1.13. The second kappa shape index (κ2) is 7.61. The Morgan fingerprint density at radius 2 is 1.93 bits per heavy atom. The number of carbonyl (C=O) groups excluding carboxylic acids is 2. The minimum atomic E-state index is -3.81. The van der Waals surface area contributed by atoms with Crippen molar-refractivity contribution in [2.75, 3.05) is 19.5 Å². The van der Waals surface area contributed by atoms with Gasteiger partial charge < -0.3 is 14.8 Å². The fraction of sp³-hybridized carbons (Fsp3) is 0.263. The average Bonchev–Trinajstić information content (AvgIpc) is 2.99. The van der Waals surface area contributed by atoms with Gasteiger partial charge in [-0.2, -0.15) is 0 Å². The number of sulfonamides is 1. The van der Waals surface area contributed by atoms with Crippen LogP contribution in [0.4, 0.5) is 5.69 Å². The minimum absolute atomic E-state index is 0.0276. The number of hydrogen-bond donors (Lipinski definition) is 2. The number of nitrogens with one attached hydrogen (secondary N) is 2. The molecular weight excluding hydrogens is 384 g/mol. The highest BCUT2D eigenvalue weighted by Gasteiger charge is 2.28. The quantitative estimate of drug-likeness (QED) is 0.713. The van der Waals surface area contributed by atoms with Crippen LogP contribution in [-0.4, -0.2) is 34.5 Å². The minimum Gasteiger partial charge on any atom is -0.496 e. The fourth-order valence-electron chi connectivity index (χ4n) is 2.96. The topological polar surface area (TPSA) is 111 Å². The second-order valence-corrected chi connectivity index (χ2v) is 8.08. The number of hydrogen-bond acceptors (Lipinski definition) is 6. The van der Waals surface area contributed by atoms with Crippen molar-refractivity contribution in [3.05, 3.63) is 53.1 Å². The van der Waals surface area contributed by atoms with Gasteiger partial charge >= 0.3 is 5.97 Å². The van der Waals surface area contributed by atoms with Gasteiger partial charge in [-0.05, 0) is 48.4 Å². The zero-order valence-corrected chi connectivity index (χ0v) is 16.4. The molecule has 2 aromatic carbocycles. The first-order chi connectivity index (χ1) is 13.3. The third kappa shape index (κ3) is 3.71. The third-order valence-corrected chi connectivity index (χ3v) is 5.99. The number of rotatable bonds is 6. The molecule has 0 unspecified atom stereocenters. The summed E-state index contributed by atoms with van der Waals surface area (Å²) in [6.07, 6.45) is 0. The van der Waals surface area contributed by atoms with E-state index in [-0.39, 0.29) is 22.9 Å². The smallest absolute Gasteiger partial charge is 0.341 e.